The molecule has 0 aliphatic carbocycles. The van der Waals surface area contributed by atoms with E-state index in [2.05, 4.69) is 21.9 Å². The zero-order chi connectivity index (χ0) is 11.1. The second kappa shape index (κ2) is 5.86. The van der Waals surface area contributed by atoms with Crippen LogP contribution in [0.2, 0.25) is 0 Å². The Kier molecular flexibility index (Phi) is 4.42. The molecule has 0 unspecified atom stereocenters. The largest absolute Gasteiger partial charge is 0.294 e. The maximum absolute atomic E-state index is 11.1. The molecule has 0 radical (unpaired) electrons. The van der Waals surface area contributed by atoms with Gasteiger partial charge in [-0.15, -0.1) is 11.3 Å². The van der Waals surface area contributed by atoms with Gasteiger partial charge in [-0.1, -0.05) is 17.0 Å². The van der Waals surface area contributed by atoms with E-state index in [1.165, 1.54) is 18.3 Å². The highest BCUT2D eigenvalue weighted by Crippen LogP contribution is 2.15. The Morgan fingerprint density at radius 3 is 3.20 bits per heavy atom. The van der Waals surface area contributed by atoms with E-state index in [0.29, 0.717) is 17.8 Å². The highest BCUT2D eigenvalue weighted by Gasteiger charge is 2.05. The first kappa shape index (κ1) is 11.3. The summed E-state index contributed by atoms with van der Waals surface area (Å²) in [5.41, 5.74) is 8.79. The molecule has 15 heavy (non-hydrogen) atoms. The molecule has 0 fully saturated rings. The van der Waals surface area contributed by atoms with Gasteiger partial charge in [0.1, 0.15) is 0 Å². The zero-order valence-corrected chi connectivity index (χ0v) is 9.04. The van der Waals surface area contributed by atoms with Crippen LogP contribution in [0, 0.1) is 11.8 Å². The second-order valence-corrected chi connectivity index (χ2v) is 3.64. The number of carbonyl (C=O) groups excluding carboxylic acids is 1. The van der Waals surface area contributed by atoms with Crippen molar-refractivity contribution in [1.29, 1.82) is 0 Å². The molecule has 1 aromatic rings. The minimum atomic E-state index is 0.0318. The summed E-state index contributed by atoms with van der Waals surface area (Å²) in [4.78, 5) is 14.4. The van der Waals surface area contributed by atoms with Gasteiger partial charge in [0.05, 0.1) is 4.88 Å². The van der Waals surface area contributed by atoms with Gasteiger partial charge in [0.2, 0.25) is 0 Å². The average molecular weight is 219 g/mol. The van der Waals surface area contributed by atoms with Gasteiger partial charge >= 0.3 is 0 Å². The predicted molar refractivity (Wildman–Crippen MR) is 59.8 cm³/mol. The van der Waals surface area contributed by atoms with E-state index in [1.54, 1.807) is 0 Å². The molecule has 0 aliphatic heterocycles. The molecule has 4 nitrogen and oxygen atoms in total. The SMILES string of the molecule is CC(=O)c1sccc1C#CCCN=[N+]=[N-]. The van der Waals surface area contributed by atoms with Crippen molar-refractivity contribution in [3.63, 3.8) is 0 Å². The number of hydrogen-bond acceptors (Lipinski definition) is 3. The van der Waals surface area contributed by atoms with Gasteiger partial charge < -0.3 is 0 Å². The van der Waals surface area contributed by atoms with Gasteiger partial charge in [-0.05, 0) is 23.9 Å². The summed E-state index contributed by atoms with van der Waals surface area (Å²) < 4.78 is 0. The summed E-state index contributed by atoms with van der Waals surface area (Å²) in [5, 5.41) is 5.20. The summed E-state index contributed by atoms with van der Waals surface area (Å²) in [5.74, 6) is 5.78. The lowest BCUT2D eigenvalue weighted by Gasteiger charge is -1.88. The van der Waals surface area contributed by atoms with Gasteiger partial charge in [0.25, 0.3) is 0 Å². The number of hydrogen-bond donors (Lipinski definition) is 0. The third-order valence-electron chi connectivity index (χ3n) is 1.61. The molecule has 5 heteroatoms. The van der Waals surface area contributed by atoms with Gasteiger partial charge in [-0.3, -0.25) is 4.79 Å². The molecule has 0 aliphatic rings. The van der Waals surface area contributed by atoms with Crippen LogP contribution in [0.3, 0.4) is 0 Å². The molecule has 1 heterocycles. The molecule has 0 spiro atoms. The fourth-order valence-electron chi connectivity index (χ4n) is 0.989. The number of azide groups is 1. The quantitative estimate of drug-likeness (QED) is 0.192. The van der Waals surface area contributed by atoms with Crippen molar-refractivity contribution in [2.24, 2.45) is 5.11 Å². The number of ketones is 1. The van der Waals surface area contributed by atoms with E-state index in [1.807, 2.05) is 11.4 Å². The molecule has 76 valence electrons. The van der Waals surface area contributed by atoms with Crippen molar-refractivity contribution in [3.05, 3.63) is 32.3 Å². The lowest BCUT2D eigenvalue weighted by Crippen LogP contribution is -1.89. The average Bonchev–Trinajstić information content (AvgIpc) is 2.66. The molecule has 1 rings (SSSR count). The van der Waals surface area contributed by atoms with E-state index in [9.17, 15) is 4.79 Å². The lowest BCUT2D eigenvalue weighted by molar-refractivity contribution is 0.102. The van der Waals surface area contributed by atoms with E-state index < -0.39 is 0 Å². The highest BCUT2D eigenvalue weighted by atomic mass is 32.1. The molecule has 0 atom stereocenters. The van der Waals surface area contributed by atoms with Crippen molar-refractivity contribution in [3.8, 4) is 11.8 Å². The van der Waals surface area contributed by atoms with Crippen LogP contribution >= 0.6 is 11.3 Å². The van der Waals surface area contributed by atoms with Crippen molar-refractivity contribution in [1.82, 2.24) is 0 Å². The lowest BCUT2D eigenvalue weighted by atomic mass is 10.2. The van der Waals surface area contributed by atoms with E-state index in [4.69, 9.17) is 5.53 Å². The minimum Gasteiger partial charge on any atom is -0.294 e. The van der Waals surface area contributed by atoms with Crippen molar-refractivity contribution in [2.45, 2.75) is 13.3 Å². The molecular weight excluding hydrogens is 210 g/mol. The predicted octanol–water partition coefficient (Wildman–Crippen LogP) is 3.00. The fraction of sp³-hybridized carbons (Fsp3) is 0.300. The van der Waals surface area contributed by atoms with E-state index in [0.717, 1.165) is 5.56 Å². The molecule has 0 saturated heterocycles. The summed E-state index contributed by atoms with van der Waals surface area (Å²) in [6.45, 7) is 1.89. The molecule has 1 aromatic heterocycles. The van der Waals surface area contributed by atoms with Gasteiger partial charge in [-0.2, -0.15) is 0 Å². The third-order valence-corrected chi connectivity index (χ3v) is 2.62. The first-order chi connectivity index (χ1) is 7.25. The first-order valence-electron chi connectivity index (χ1n) is 4.34. The number of rotatable bonds is 3. The van der Waals surface area contributed by atoms with Crippen LogP contribution < -0.4 is 0 Å². The van der Waals surface area contributed by atoms with Crippen molar-refractivity contribution < 1.29 is 4.79 Å². The summed E-state index contributed by atoms with van der Waals surface area (Å²) in [7, 11) is 0. The Labute approximate surface area is 91.6 Å². The van der Waals surface area contributed by atoms with Gasteiger partial charge in [0, 0.05) is 23.4 Å². The van der Waals surface area contributed by atoms with Gasteiger partial charge in [0.15, 0.2) is 5.78 Å². The molecule has 0 aromatic carbocycles. The minimum absolute atomic E-state index is 0.0318. The monoisotopic (exact) mass is 219 g/mol. The van der Waals surface area contributed by atoms with E-state index in [-0.39, 0.29) is 5.78 Å². The Balaban J connectivity index is 2.67. The van der Waals surface area contributed by atoms with Crippen LogP contribution in [0.4, 0.5) is 0 Å². The van der Waals surface area contributed by atoms with Crippen LogP contribution in [-0.4, -0.2) is 12.3 Å². The summed E-state index contributed by atoms with van der Waals surface area (Å²) in [6.07, 6.45) is 0.511. The Morgan fingerprint density at radius 1 is 1.73 bits per heavy atom. The van der Waals surface area contributed by atoms with Crippen LogP contribution in [0.1, 0.15) is 28.6 Å². The normalized spacial score (nSPS) is 8.60. The summed E-state index contributed by atoms with van der Waals surface area (Å²) >= 11 is 1.39. The van der Waals surface area contributed by atoms with Crippen LogP contribution in [0.15, 0.2) is 16.6 Å². The molecule has 0 N–H and O–H groups in total. The van der Waals surface area contributed by atoms with Crippen molar-refractivity contribution in [2.75, 3.05) is 6.54 Å². The molecule has 0 saturated carbocycles. The standard InChI is InChI=1S/C10H9N3OS/c1-8(14)10-9(5-7-15-10)4-2-3-6-12-13-11/h5,7H,3,6H2,1H3. The Hall–Kier alpha value is -1.76. The van der Waals surface area contributed by atoms with Crippen LogP contribution in [0.5, 0.6) is 0 Å². The number of Topliss-reactive ketones (excluding diaryl/α,β-unsaturated/α-hetero) is 1. The smallest absolute Gasteiger partial charge is 0.170 e. The number of thiophene rings is 1. The summed E-state index contributed by atoms with van der Waals surface area (Å²) in [6, 6.07) is 1.82. The van der Waals surface area contributed by atoms with E-state index >= 15 is 0 Å². The highest BCUT2D eigenvalue weighted by molar-refractivity contribution is 7.12. The third kappa shape index (κ3) is 3.47. The topological polar surface area (TPSA) is 65.8 Å². The molecule has 0 bridgehead atoms. The first-order valence-corrected chi connectivity index (χ1v) is 5.22. The number of carbonyl (C=O) groups is 1. The van der Waals surface area contributed by atoms with Gasteiger partial charge in [-0.25, -0.2) is 0 Å². The molecular formula is C10H9N3OS. The zero-order valence-electron chi connectivity index (χ0n) is 8.23. The maximum atomic E-state index is 11.1. The maximum Gasteiger partial charge on any atom is 0.170 e. The number of nitrogens with zero attached hydrogens (tertiary/aromatic N) is 3. The Morgan fingerprint density at radius 2 is 2.53 bits per heavy atom. The van der Waals surface area contributed by atoms with Crippen molar-refractivity contribution >= 4 is 17.1 Å². The molecule has 0 amide bonds. The van der Waals surface area contributed by atoms with Crippen LogP contribution in [-0.2, 0) is 0 Å². The Bertz CT molecular complexity index is 461. The fourth-order valence-corrected chi connectivity index (χ4v) is 1.74. The van der Waals surface area contributed by atoms with Crippen LogP contribution in [0.25, 0.3) is 10.4 Å². The second-order valence-electron chi connectivity index (χ2n) is 2.73.